The Morgan fingerprint density at radius 1 is 1.14 bits per heavy atom. The molecule has 29 heavy (non-hydrogen) atoms. The maximum Gasteiger partial charge on any atom is 0.162 e. The molecule has 0 amide bonds. The Labute approximate surface area is 168 Å². The summed E-state index contributed by atoms with van der Waals surface area (Å²) in [4.78, 5) is 17.7. The predicted octanol–water partition coefficient (Wildman–Crippen LogP) is 5.71. The molecule has 5 heteroatoms. The van der Waals surface area contributed by atoms with Crippen molar-refractivity contribution in [1.82, 2.24) is 4.98 Å². The lowest BCUT2D eigenvalue weighted by atomic mass is 9.68. The Bertz CT molecular complexity index is 1270. The first-order valence-corrected chi connectivity index (χ1v) is 9.58. The highest BCUT2D eigenvalue weighted by atomic mass is 19.2. The van der Waals surface area contributed by atoms with Crippen LogP contribution in [0.4, 0.5) is 14.5 Å². The van der Waals surface area contributed by atoms with Crippen molar-refractivity contribution in [2.75, 3.05) is 5.32 Å². The molecule has 3 aromatic rings. The molecule has 0 fully saturated rings. The Kier molecular flexibility index (Phi) is 3.60. The monoisotopic (exact) mass is 391 g/mol. The van der Waals surface area contributed by atoms with E-state index < -0.39 is 17.5 Å². The fourth-order valence-electron chi connectivity index (χ4n) is 4.47. The summed E-state index contributed by atoms with van der Waals surface area (Å²) in [6.45, 7) is 4.03. The van der Waals surface area contributed by atoms with Crippen LogP contribution in [0.2, 0.25) is 0 Å². The van der Waals surface area contributed by atoms with Gasteiger partial charge in [-0.2, -0.15) is 0 Å². The lowest BCUT2D eigenvalue weighted by Crippen LogP contribution is -2.34. The van der Waals surface area contributed by atoms with Crippen molar-refractivity contribution < 1.29 is 14.9 Å². The van der Waals surface area contributed by atoms with Gasteiger partial charge in [0.2, 0.25) is 0 Å². The Morgan fingerprint density at radius 3 is 2.76 bits per heavy atom. The number of benzene rings is 2. The zero-order chi connectivity index (χ0) is 21.3. The fourth-order valence-corrected chi connectivity index (χ4v) is 4.47. The number of allylic oxidation sites excluding steroid dienone is 2. The molecular formula is C24H20F2N2O. The first kappa shape index (κ1) is 16.8. The minimum absolute atomic E-state index is 0.153. The number of pyridine rings is 1. The molecule has 1 unspecified atom stereocenters. The average Bonchev–Trinajstić information content (AvgIpc) is 2.68. The number of rotatable bonds is 1. The van der Waals surface area contributed by atoms with E-state index in [4.69, 9.17) is 0 Å². The highest BCUT2D eigenvalue weighted by Crippen LogP contribution is 2.50. The first-order valence-electron chi connectivity index (χ1n) is 10.1. The molecule has 3 nitrogen and oxygen atoms in total. The van der Waals surface area contributed by atoms with Crippen molar-refractivity contribution >= 4 is 22.4 Å². The molecule has 0 radical (unpaired) electrons. The van der Waals surface area contributed by atoms with E-state index in [0.29, 0.717) is 39.8 Å². The lowest BCUT2D eigenvalue weighted by molar-refractivity contribution is -0.118. The maximum absolute atomic E-state index is 14.3. The van der Waals surface area contributed by atoms with E-state index in [2.05, 4.69) is 10.3 Å². The Balaban J connectivity index is 1.89. The van der Waals surface area contributed by atoms with E-state index in [1.54, 1.807) is 12.3 Å². The average molecular weight is 391 g/mol. The summed E-state index contributed by atoms with van der Waals surface area (Å²) in [5.74, 6) is -3.86. The molecule has 1 aromatic heterocycles. The number of hydrogen-bond acceptors (Lipinski definition) is 3. The summed E-state index contributed by atoms with van der Waals surface area (Å²) >= 11 is 0. The van der Waals surface area contributed by atoms with Gasteiger partial charge in [0.15, 0.2) is 17.4 Å². The SMILES string of the molecule is [2H]C1(c2ccc(F)c(F)c2)C2=C(CC(C)(C)CC2=O)Nc2ccc3ncccc3c21. The van der Waals surface area contributed by atoms with Gasteiger partial charge in [0.25, 0.3) is 0 Å². The van der Waals surface area contributed by atoms with Crippen molar-refractivity contribution in [1.29, 1.82) is 0 Å². The summed E-state index contributed by atoms with van der Waals surface area (Å²) in [6, 6.07) is 10.7. The number of carbonyl (C=O) groups excluding carboxylic acids is 1. The minimum atomic E-state index is -1.68. The maximum atomic E-state index is 14.3. The smallest absolute Gasteiger partial charge is 0.162 e. The summed E-state index contributed by atoms with van der Waals surface area (Å²) in [7, 11) is 0. The molecule has 5 rings (SSSR count). The van der Waals surface area contributed by atoms with Crippen LogP contribution in [0.5, 0.6) is 0 Å². The third-order valence-electron chi connectivity index (χ3n) is 5.65. The van der Waals surface area contributed by atoms with Gasteiger partial charge >= 0.3 is 0 Å². The minimum Gasteiger partial charge on any atom is -0.358 e. The lowest BCUT2D eigenvalue weighted by Gasteiger charge is -2.40. The van der Waals surface area contributed by atoms with Crippen LogP contribution < -0.4 is 5.32 Å². The number of ketones is 1. The molecule has 0 saturated carbocycles. The molecule has 1 aliphatic carbocycles. The zero-order valence-corrected chi connectivity index (χ0v) is 16.1. The van der Waals surface area contributed by atoms with E-state index in [9.17, 15) is 14.9 Å². The standard InChI is InChI=1S/C24H20F2N2O/c1-24(2)11-19-23(20(29)12-24)21(13-5-6-15(25)16(26)10-13)22-14-4-3-9-27-17(14)7-8-18(22)28-19/h3-10,21,28H,11-12H2,1-2H3/i21D. The number of aromatic nitrogens is 1. The second-order valence-electron chi connectivity index (χ2n) is 8.48. The van der Waals surface area contributed by atoms with Crippen LogP contribution in [0.25, 0.3) is 10.9 Å². The summed E-state index contributed by atoms with van der Waals surface area (Å²) in [5, 5.41) is 4.07. The van der Waals surface area contributed by atoms with Crippen molar-refractivity contribution in [3.63, 3.8) is 0 Å². The molecule has 1 aliphatic heterocycles. The van der Waals surface area contributed by atoms with Crippen LogP contribution in [0.3, 0.4) is 0 Å². The number of carbonyl (C=O) groups is 1. The normalized spacial score (nSPS) is 23.3. The number of nitrogens with zero attached hydrogens (tertiary/aromatic N) is 1. The van der Waals surface area contributed by atoms with Crippen LogP contribution in [0.1, 0.15) is 45.1 Å². The third-order valence-corrected chi connectivity index (χ3v) is 5.65. The number of hydrogen-bond donors (Lipinski definition) is 1. The quantitative estimate of drug-likeness (QED) is 0.577. The Hall–Kier alpha value is -3.08. The van der Waals surface area contributed by atoms with Gasteiger partial charge < -0.3 is 5.32 Å². The van der Waals surface area contributed by atoms with Gasteiger partial charge in [-0.05, 0) is 53.3 Å². The number of fused-ring (bicyclic) bond motifs is 3. The molecule has 146 valence electrons. The molecule has 2 aliphatic rings. The van der Waals surface area contributed by atoms with Gasteiger partial charge in [0, 0.05) is 42.2 Å². The predicted molar refractivity (Wildman–Crippen MR) is 109 cm³/mol. The Morgan fingerprint density at radius 2 is 1.97 bits per heavy atom. The van der Waals surface area contributed by atoms with Crippen molar-refractivity contribution in [3.8, 4) is 0 Å². The largest absolute Gasteiger partial charge is 0.358 e. The van der Waals surface area contributed by atoms with Crippen LogP contribution in [0.15, 0.2) is 59.9 Å². The van der Waals surface area contributed by atoms with E-state index in [0.717, 1.165) is 12.1 Å². The van der Waals surface area contributed by atoms with Crippen LogP contribution >= 0.6 is 0 Å². The highest BCUT2D eigenvalue weighted by Gasteiger charge is 2.41. The molecular weight excluding hydrogens is 370 g/mol. The molecule has 2 aromatic carbocycles. The van der Waals surface area contributed by atoms with Gasteiger partial charge in [0.1, 0.15) is 0 Å². The van der Waals surface area contributed by atoms with Crippen molar-refractivity contribution in [2.24, 2.45) is 5.41 Å². The van der Waals surface area contributed by atoms with Crippen LogP contribution in [-0.4, -0.2) is 10.8 Å². The van der Waals surface area contributed by atoms with E-state index in [1.165, 1.54) is 6.07 Å². The van der Waals surface area contributed by atoms with E-state index in [1.807, 2.05) is 32.0 Å². The summed E-state index contributed by atoms with van der Waals surface area (Å²) < 4.78 is 37.6. The molecule has 1 atom stereocenters. The number of Topliss-reactive ketones (excluding diaryl/α,β-unsaturated/α-hetero) is 1. The van der Waals surface area contributed by atoms with Gasteiger partial charge in [-0.3, -0.25) is 9.78 Å². The first-order chi connectivity index (χ1) is 14.2. The van der Waals surface area contributed by atoms with Gasteiger partial charge in [-0.15, -0.1) is 0 Å². The van der Waals surface area contributed by atoms with Gasteiger partial charge in [-0.25, -0.2) is 8.78 Å². The third kappa shape index (κ3) is 2.84. The second kappa shape index (κ2) is 6.21. The van der Waals surface area contributed by atoms with Crippen molar-refractivity contribution in [3.05, 3.63) is 82.7 Å². The van der Waals surface area contributed by atoms with Gasteiger partial charge in [-0.1, -0.05) is 26.0 Å². The zero-order valence-electron chi connectivity index (χ0n) is 17.1. The summed E-state index contributed by atoms with van der Waals surface area (Å²) in [5.41, 5.74) is 2.83. The topological polar surface area (TPSA) is 42.0 Å². The molecule has 2 heterocycles. The van der Waals surface area contributed by atoms with Crippen molar-refractivity contribution in [2.45, 2.75) is 32.6 Å². The van der Waals surface area contributed by atoms with Gasteiger partial charge in [0.05, 0.1) is 5.52 Å². The molecule has 0 bridgehead atoms. The molecule has 0 spiro atoms. The summed E-state index contributed by atoms with van der Waals surface area (Å²) in [6.07, 6.45) is 2.53. The second-order valence-corrected chi connectivity index (χ2v) is 8.48. The number of anilines is 1. The molecule has 1 N–H and O–H groups in total. The van der Waals surface area contributed by atoms with Crippen LogP contribution in [-0.2, 0) is 4.79 Å². The fraction of sp³-hybridized carbons (Fsp3) is 0.250. The molecule has 0 saturated heterocycles. The highest BCUT2D eigenvalue weighted by molar-refractivity contribution is 6.04. The van der Waals surface area contributed by atoms with E-state index >= 15 is 0 Å². The van der Waals surface area contributed by atoms with Crippen LogP contribution in [0, 0.1) is 17.0 Å². The number of halogens is 2. The van der Waals surface area contributed by atoms with E-state index in [-0.39, 0.29) is 23.2 Å². The number of nitrogens with one attached hydrogen (secondary N) is 1.